The van der Waals surface area contributed by atoms with Crippen molar-refractivity contribution >= 4 is 45.8 Å². The first-order valence-corrected chi connectivity index (χ1v) is 8.63. The number of rotatable bonds is 7. The Morgan fingerprint density at radius 3 is 2.61 bits per heavy atom. The molecule has 122 valence electrons. The third kappa shape index (κ3) is 5.22. The van der Waals surface area contributed by atoms with Crippen LogP contribution in [0.3, 0.4) is 0 Å². The Balaban J connectivity index is 1.83. The summed E-state index contributed by atoms with van der Waals surface area (Å²) >= 11 is 2.71. The van der Waals surface area contributed by atoms with E-state index < -0.39 is 0 Å². The summed E-state index contributed by atoms with van der Waals surface area (Å²) < 4.78 is 5.63. The molecule has 7 nitrogen and oxygen atoms in total. The third-order valence-electron chi connectivity index (χ3n) is 2.63. The second-order valence-corrected chi connectivity index (χ2v) is 6.46. The van der Waals surface area contributed by atoms with Crippen molar-refractivity contribution in [3.8, 4) is 0 Å². The van der Waals surface area contributed by atoms with E-state index in [4.69, 9.17) is 4.74 Å². The van der Waals surface area contributed by atoms with Crippen LogP contribution in [0, 0.1) is 0 Å². The van der Waals surface area contributed by atoms with Gasteiger partial charge in [-0.2, -0.15) is 0 Å². The van der Waals surface area contributed by atoms with Crippen LogP contribution in [0.4, 0.5) is 10.8 Å². The minimum atomic E-state index is -0.377. The maximum atomic E-state index is 11.9. The average Bonchev–Trinajstić information content (AvgIpc) is 3.02. The molecular formula is C14H16N4O3S2. The van der Waals surface area contributed by atoms with Crippen LogP contribution in [0.15, 0.2) is 28.6 Å². The van der Waals surface area contributed by atoms with Crippen LogP contribution in [0.25, 0.3) is 0 Å². The van der Waals surface area contributed by atoms with E-state index in [2.05, 4.69) is 20.8 Å². The number of hydrogen-bond acceptors (Lipinski definition) is 8. The fourth-order valence-corrected chi connectivity index (χ4v) is 3.10. The van der Waals surface area contributed by atoms with E-state index in [1.54, 1.807) is 38.2 Å². The lowest BCUT2D eigenvalue weighted by atomic mass is 10.2. The van der Waals surface area contributed by atoms with E-state index in [0.717, 1.165) is 4.34 Å². The number of anilines is 2. The monoisotopic (exact) mass is 352 g/mol. The maximum absolute atomic E-state index is 11.9. The van der Waals surface area contributed by atoms with Crippen LogP contribution in [-0.2, 0) is 9.53 Å². The zero-order valence-electron chi connectivity index (χ0n) is 12.7. The lowest BCUT2D eigenvalue weighted by Crippen LogP contribution is -2.14. The molecule has 1 aromatic heterocycles. The smallest absolute Gasteiger partial charge is 0.338 e. The van der Waals surface area contributed by atoms with Crippen molar-refractivity contribution < 1.29 is 14.3 Å². The number of aromatic nitrogens is 2. The lowest BCUT2D eigenvalue weighted by Gasteiger charge is -2.05. The van der Waals surface area contributed by atoms with Gasteiger partial charge in [0, 0.05) is 12.7 Å². The van der Waals surface area contributed by atoms with Crippen molar-refractivity contribution in [2.45, 2.75) is 11.3 Å². The standard InChI is InChI=1S/C14H16N4O3S2/c1-3-21-12(20)9-4-6-10(7-5-9)16-11(19)8-22-14-18-17-13(15-2)23-14/h4-7H,3,8H2,1-2H3,(H,15,17)(H,16,19). The number of amides is 1. The summed E-state index contributed by atoms with van der Waals surface area (Å²) in [5.74, 6) is -0.296. The maximum Gasteiger partial charge on any atom is 0.338 e. The number of esters is 1. The molecule has 0 bridgehead atoms. The molecule has 0 spiro atoms. The zero-order valence-corrected chi connectivity index (χ0v) is 14.3. The van der Waals surface area contributed by atoms with Crippen molar-refractivity contribution in [1.82, 2.24) is 10.2 Å². The molecule has 2 N–H and O–H groups in total. The fraction of sp³-hybridized carbons (Fsp3) is 0.286. The van der Waals surface area contributed by atoms with Gasteiger partial charge in [-0.15, -0.1) is 10.2 Å². The summed E-state index contributed by atoms with van der Waals surface area (Å²) in [7, 11) is 1.77. The SMILES string of the molecule is CCOC(=O)c1ccc(NC(=O)CSc2nnc(NC)s2)cc1. The highest BCUT2D eigenvalue weighted by molar-refractivity contribution is 8.01. The highest BCUT2D eigenvalue weighted by atomic mass is 32.2. The number of benzene rings is 1. The van der Waals surface area contributed by atoms with E-state index in [9.17, 15) is 9.59 Å². The Morgan fingerprint density at radius 1 is 1.26 bits per heavy atom. The van der Waals surface area contributed by atoms with Gasteiger partial charge in [0.15, 0.2) is 4.34 Å². The molecule has 0 saturated heterocycles. The topological polar surface area (TPSA) is 93.2 Å². The van der Waals surface area contributed by atoms with Gasteiger partial charge < -0.3 is 15.4 Å². The minimum Gasteiger partial charge on any atom is -0.462 e. The Labute approximate surface area is 141 Å². The van der Waals surface area contributed by atoms with Gasteiger partial charge in [0.05, 0.1) is 17.9 Å². The van der Waals surface area contributed by atoms with E-state index in [-0.39, 0.29) is 17.6 Å². The van der Waals surface area contributed by atoms with E-state index >= 15 is 0 Å². The molecule has 2 aromatic rings. The first-order chi connectivity index (χ1) is 11.1. The number of carbonyl (C=O) groups excluding carboxylic acids is 2. The highest BCUT2D eigenvalue weighted by Crippen LogP contribution is 2.25. The van der Waals surface area contributed by atoms with Crippen LogP contribution in [0.2, 0.25) is 0 Å². The summed E-state index contributed by atoms with van der Waals surface area (Å²) in [6, 6.07) is 6.56. The molecule has 23 heavy (non-hydrogen) atoms. The van der Waals surface area contributed by atoms with Crippen LogP contribution < -0.4 is 10.6 Å². The number of nitrogens with zero attached hydrogens (tertiary/aromatic N) is 2. The molecule has 2 rings (SSSR count). The van der Waals surface area contributed by atoms with Gasteiger partial charge in [0.2, 0.25) is 11.0 Å². The summed E-state index contributed by atoms with van der Waals surface area (Å²) in [6.07, 6.45) is 0. The molecule has 0 aliphatic heterocycles. The zero-order chi connectivity index (χ0) is 16.7. The second kappa shape index (κ2) is 8.49. The molecule has 1 heterocycles. The molecule has 0 unspecified atom stereocenters. The summed E-state index contributed by atoms with van der Waals surface area (Å²) in [4.78, 5) is 23.4. The van der Waals surface area contributed by atoms with Crippen molar-refractivity contribution in [3.63, 3.8) is 0 Å². The fourth-order valence-electron chi connectivity index (χ4n) is 1.60. The Kier molecular flexibility index (Phi) is 6.36. The van der Waals surface area contributed by atoms with Gasteiger partial charge in [0.1, 0.15) is 0 Å². The molecule has 0 saturated carbocycles. The summed E-state index contributed by atoms with van der Waals surface area (Å²) in [5, 5.41) is 14.2. The van der Waals surface area contributed by atoms with Crippen molar-refractivity contribution in [2.75, 3.05) is 30.0 Å². The number of thioether (sulfide) groups is 1. The Morgan fingerprint density at radius 2 is 2.00 bits per heavy atom. The molecule has 0 radical (unpaired) electrons. The van der Waals surface area contributed by atoms with Crippen LogP contribution in [0.5, 0.6) is 0 Å². The summed E-state index contributed by atoms with van der Waals surface area (Å²) in [6.45, 7) is 2.08. The van der Waals surface area contributed by atoms with E-state index in [1.165, 1.54) is 23.1 Å². The highest BCUT2D eigenvalue weighted by Gasteiger charge is 2.09. The van der Waals surface area contributed by atoms with Crippen LogP contribution in [-0.4, -0.2) is 41.5 Å². The molecule has 0 fully saturated rings. The predicted octanol–water partition coefficient (Wildman–Crippen LogP) is 2.49. The van der Waals surface area contributed by atoms with Gasteiger partial charge >= 0.3 is 5.97 Å². The van der Waals surface area contributed by atoms with Crippen molar-refractivity contribution in [2.24, 2.45) is 0 Å². The Hall–Kier alpha value is -2.13. The van der Waals surface area contributed by atoms with Gasteiger partial charge in [-0.1, -0.05) is 23.1 Å². The van der Waals surface area contributed by atoms with E-state index in [0.29, 0.717) is 23.0 Å². The van der Waals surface area contributed by atoms with Crippen LogP contribution >= 0.6 is 23.1 Å². The third-order valence-corrected chi connectivity index (χ3v) is 4.70. The molecule has 0 atom stereocenters. The number of carbonyl (C=O) groups is 2. The molecule has 0 aliphatic carbocycles. The summed E-state index contributed by atoms with van der Waals surface area (Å²) in [5.41, 5.74) is 1.07. The van der Waals surface area contributed by atoms with Gasteiger partial charge in [-0.05, 0) is 31.2 Å². The number of ether oxygens (including phenoxy) is 1. The quantitative estimate of drug-likeness (QED) is 0.584. The second-order valence-electron chi connectivity index (χ2n) is 4.26. The van der Waals surface area contributed by atoms with Gasteiger partial charge in [0.25, 0.3) is 0 Å². The van der Waals surface area contributed by atoms with Gasteiger partial charge in [-0.3, -0.25) is 4.79 Å². The molecule has 9 heteroatoms. The molecular weight excluding hydrogens is 336 g/mol. The lowest BCUT2D eigenvalue weighted by molar-refractivity contribution is -0.113. The number of nitrogens with one attached hydrogen (secondary N) is 2. The van der Waals surface area contributed by atoms with E-state index in [1.807, 2.05) is 0 Å². The first kappa shape index (κ1) is 17.2. The minimum absolute atomic E-state index is 0.153. The van der Waals surface area contributed by atoms with Gasteiger partial charge in [-0.25, -0.2) is 4.79 Å². The average molecular weight is 352 g/mol. The Bertz CT molecular complexity index is 673. The van der Waals surface area contributed by atoms with Crippen molar-refractivity contribution in [3.05, 3.63) is 29.8 Å². The largest absolute Gasteiger partial charge is 0.462 e. The molecule has 0 aliphatic rings. The first-order valence-electron chi connectivity index (χ1n) is 6.83. The normalized spacial score (nSPS) is 10.2. The molecule has 1 amide bonds. The van der Waals surface area contributed by atoms with Crippen molar-refractivity contribution in [1.29, 1.82) is 0 Å². The number of hydrogen-bond donors (Lipinski definition) is 2. The van der Waals surface area contributed by atoms with Crippen LogP contribution in [0.1, 0.15) is 17.3 Å². The predicted molar refractivity (Wildman–Crippen MR) is 91.2 cm³/mol. The molecule has 1 aromatic carbocycles.